The molecule has 0 spiro atoms. The number of benzene rings is 2. The van der Waals surface area contributed by atoms with E-state index in [9.17, 15) is 9.59 Å². The zero-order chi connectivity index (χ0) is 18.4. The van der Waals surface area contributed by atoms with E-state index >= 15 is 0 Å². The van der Waals surface area contributed by atoms with Crippen LogP contribution in [0.5, 0.6) is 0 Å². The predicted octanol–water partition coefficient (Wildman–Crippen LogP) is 3.38. The van der Waals surface area contributed by atoms with Crippen LogP contribution in [-0.4, -0.2) is 17.7 Å². The normalized spacial score (nSPS) is 11.0. The summed E-state index contributed by atoms with van der Waals surface area (Å²) in [6.07, 6.45) is 0.649. The number of nitrogens with two attached hydrogens (primary N) is 2. The monoisotopic (exact) mass is 342 g/mol. The lowest BCUT2D eigenvalue weighted by Gasteiger charge is -2.31. The van der Waals surface area contributed by atoms with E-state index in [1.165, 1.54) is 0 Å². The van der Waals surface area contributed by atoms with Crippen LogP contribution in [0.3, 0.4) is 0 Å². The van der Waals surface area contributed by atoms with Gasteiger partial charge in [0.25, 0.3) is 5.79 Å². The van der Waals surface area contributed by atoms with Crippen LogP contribution in [0.1, 0.15) is 47.4 Å². The smallest absolute Gasteiger partial charge is 0.341 e. The molecule has 0 aliphatic rings. The summed E-state index contributed by atoms with van der Waals surface area (Å²) >= 11 is 0. The molecule has 0 unspecified atom stereocenters. The summed E-state index contributed by atoms with van der Waals surface area (Å²) in [5, 5.41) is 0. The summed E-state index contributed by atoms with van der Waals surface area (Å²) < 4.78 is 11.1. The highest BCUT2D eigenvalue weighted by Crippen LogP contribution is 2.26. The minimum absolute atomic E-state index is 0.324. The van der Waals surface area contributed by atoms with E-state index < -0.39 is 17.7 Å². The molecule has 4 N–H and O–H groups in total. The first-order chi connectivity index (χ1) is 11.9. The molecule has 0 atom stereocenters. The van der Waals surface area contributed by atoms with Crippen molar-refractivity contribution in [1.82, 2.24) is 0 Å². The molecule has 6 heteroatoms. The van der Waals surface area contributed by atoms with Crippen LogP contribution in [0.2, 0.25) is 0 Å². The molecule has 6 nitrogen and oxygen atoms in total. The lowest BCUT2D eigenvalue weighted by atomic mass is 10.1. The summed E-state index contributed by atoms with van der Waals surface area (Å²) in [6, 6.07) is 12.7. The van der Waals surface area contributed by atoms with Gasteiger partial charge in [0.15, 0.2) is 0 Å². The van der Waals surface area contributed by atoms with Gasteiger partial charge in [-0.05, 0) is 48.5 Å². The van der Waals surface area contributed by atoms with E-state index in [2.05, 4.69) is 0 Å². The largest absolute Gasteiger partial charge is 0.419 e. The molecule has 2 rings (SSSR count). The molecule has 25 heavy (non-hydrogen) atoms. The molecule has 2 aromatic rings. The predicted molar refractivity (Wildman–Crippen MR) is 95.9 cm³/mol. The van der Waals surface area contributed by atoms with Gasteiger partial charge in [0, 0.05) is 24.2 Å². The molecule has 0 saturated carbocycles. The highest BCUT2D eigenvalue weighted by atomic mass is 16.7. The lowest BCUT2D eigenvalue weighted by molar-refractivity contribution is -0.172. The van der Waals surface area contributed by atoms with Crippen molar-refractivity contribution in [2.24, 2.45) is 0 Å². The van der Waals surface area contributed by atoms with Crippen LogP contribution in [0, 0.1) is 0 Å². The van der Waals surface area contributed by atoms with Crippen molar-refractivity contribution < 1.29 is 19.1 Å². The first kappa shape index (κ1) is 18.3. The number of hydrogen-bond acceptors (Lipinski definition) is 6. The van der Waals surface area contributed by atoms with Crippen LogP contribution in [-0.2, 0) is 9.47 Å². The lowest BCUT2D eigenvalue weighted by Crippen LogP contribution is -2.39. The summed E-state index contributed by atoms with van der Waals surface area (Å²) in [4.78, 5) is 24.8. The van der Waals surface area contributed by atoms with Gasteiger partial charge in [0.2, 0.25) is 0 Å². The number of carbonyl (C=O) groups excluding carboxylic acids is 2. The van der Waals surface area contributed by atoms with Crippen LogP contribution in [0.25, 0.3) is 0 Å². The van der Waals surface area contributed by atoms with Crippen molar-refractivity contribution in [1.29, 1.82) is 0 Å². The Morgan fingerprint density at radius 3 is 1.36 bits per heavy atom. The quantitative estimate of drug-likeness (QED) is 0.474. The Kier molecular flexibility index (Phi) is 5.64. The number of anilines is 2. The van der Waals surface area contributed by atoms with Gasteiger partial charge in [0.1, 0.15) is 0 Å². The fourth-order valence-corrected chi connectivity index (χ4v) is 2.25. The van der Waals surface area contributed by atoms with Gasteiger partial charge in [0.05, 0.1) is 11.1 Å². The average molecular weight is 342 g/mol. The Morgan fingerprint density at radius 2 is 1.08 bits per heavy atom. The minimum Gasteiger partial charge on any atom is -0.419 e. The second-order valence-corrected chi connectivity index (χ2v) is 5.64. The zero-order valence-electron chi connectivity index (χ0n) is 14.3. The molecule has 0 heterocycles. The van der Waals surface area contributed by atoms with E-state index in [1.54, 1.807) is 62.4 Å². The topological polar surface area (TPSA) is 105 Å². The molecule has 2 aromatic carbocycles. The standard InChI is InChI=1S/C19H22N2O4/c1-3-19(4-2,24-17(22)13-5-9-15(20)10-6-13)25-18(23)14-7-11-16(21)12-8-14/h5-12H,3-4,20-21H2,1-2H3. The maximum absolute atomic E-state index is 12.4. The number of ether oxygens (including phenoxy) is 2. The SMILES string of the molecule is CCC(CC)(OC(=O)c1ccc(N)cc1)OC(=O)c1ccc(N)cc1. The maximum atomic E-state index is 12.4. The fourth-order valence-electron chi connectivity index (χ4n) is 2.25. The molecule has 0 fully saturated rings. The third-order valence-electron chi connectivity index (χ3n) is 3.93. The number of hydrogen-bond donors (Lipinski definition) is 2. The highest BCUT2D eigenvalue weighted by Gasteiger charge is 2.35. The van der Waals surface area contributed by atoms with Crippen LogP contribution < -0.4 is 11.5 Å². The number of esters is 2. The van der Waals surface area contributed by atoms with Crippen LogP contribution >= 0.6 is 0 Å². The fraction of sp³-hybridized carbons (Fsp3) is 0.263. The van der Waals surface area contributed by atoms with E-state index in [0.29, 0.717) is 35.3 Å². The molecule has 0 aliphatic heterocycles. The van der Waals surface area contributed by atoms with Gasteiger partial charge < -0.3 is 20.9 Å². The first-order valence-corrected chi connectivity index (χ1v) is 8.07. The van der Waals surface area contributed by atoms with Gasteiger partial charge in [-0.15, -0.1) is 0 Å². The Balaban J connectivity index is 2.16. The molecule has 0 aromatic heterocycles. The van der Waals surface area contributed by atoms with Crippen molar-refractivity contribution in [2.45, 2.75) is 32.5 Å². The van der Waals surface area contributed by atoms with Crippen molar-refractivity contribution in [3.63, 3.8) is 0 Å². The molecule has 0 radical (unpaired) electrons. The van der Waals surface area contributed by atoms with Gasteiger partial charge in [-0.2, -0.15) is 0 Å². The first-order valence-electron chi connectivity index (χ1n) is 8.07. The zero-order valence-corrected chi connectivity index (χ0v) is 14.3. The Labute approximate surface area is 146 Å². The highest BCUT2D eigenvalue weighted by molar-refractivity contribution is 5.91. The molecule has 0 aliphatic carbocycles. The van der Waals surface area contributed by atoms with E-state index in [0.717, 1.165) is 0 Å². The second kappa shape index (κ2) is 7.70. The van der Waals surface area contributed by atoms with Crippen molar-refractivity contribution in [3.05, 3.63) is 59.7 Å². The van der Waals surface area contributed by atoms with Gasteiger partial charge in [-0.25, -0.2) is 9.59 Å². The summed E-state index contributed by atoms with van der Waals surface area (Å²) in [7, 11) is 0. The van der Waals surface area contributed by atoms with E-state index in [1.807, 2.05) is 0 Å². The molecular formula is C19H22N2O4. The number of carbonyl (C=O) groups is 2. The number of rotatable bonds is 6. The Bertz CT molecular complexity index is 674. The van der Waals surface area contributed by atoms with Crippen molar-refractivity contribution in [2.75, 3.05) is 11.5 Å². The number of nitrogen functional groups attached to an aromatic ring is 2. The van der Waals surface area contributed by atoms with Crippen LogP contribution in [0.15, 0.2) is 48.5 Å². The molecular weight excluding hydrogens is 320 g/mol. The second-order valence-electron chi connectivity index (χ2n) is 5.64. The van der Waals surface area contributed by atoms with Gasteiger partial charge in [-0.3, -0.25) is 0 Å². The van der Waals surface area contributed by atoms with E-state index in [4.69, 9.17) is 20.9 Å². The third kappa shape index (κ3) is 4.50. The Morgan fingerprint density at radius 1 is 0.760 bits per heavy atom. The molecule has 0 amide bonds. The minimum atomic E-state index is -1.34. The van der Waals surface area contributed by atoms with Gasteiger partial charge >= 0.3 is 11.9 Å². The van der Waals surface area contributed by atoms with Crippen molar-refractivity contribution >= 4 is 23.3 Å². The van der Waals surface area contributed by atoms with Crippen LogP contribution in [0.4, 0.5) is 11.4 Å². The summed E-state index contributed by atoms with van der Waals surface area (Å²) in [5.74, 6) is -2.49. The van der Waals surface area contributed by atoms with Crippen molar-refractivity contribution in [3.8, 4) is 0 Å². The molecule has 0 saturated heterocycles. The van der Waals surface area contributed by atoms with Gasteiger partial charge in [-0.1, -0.05) is 13.8 Å². The molecule has 0 bridgehead atoms. The summed E-state index contributed by atoms with van der Waals surface area (Å²) in [5.41, 5.74) is 13.0. The Hall–Kier alpha value is -3.02. The summed E-state index contributed by atoms with van der Waals surface area (Å²) in [6.45, 7) is 3.58. The molecule has 132 valence electrons. The maximum Gasteiger partial charge on any atom is 0.341 e. The van der Waals surface area contributed by atoms with E-state index in [-0.39, 0.29) is 0 Å². The third-order valence-corrected chi connectivity index (χ3v) is 3.93. The average Bonchev–Trinajstić information content (AvgIpc) is 2.62.